The number of ether oxygens (including phenoxy) is 1. The van der Waals surface area contributed by atoms with Crippen molar-refractivity contribution >= 4 is 0 Å². The predicted molar refractivity (Wildman–Crippen MR) is 110 cm³/mol. The average molecular weight is 351 g/mol. The van der Waals surface area contributed by atoms with Crippen molar-refractivity contribution in [3.05, 3.63) is 0 Å². The van der Waals surface area contributed by atoms with E-state index in [4.69, 9.17) is 4.74 Å². The molecule has 0 bridgehead atoms. The van der Waals surface area contributed by atoms with Crippen LogP contribution in [0.25, 0.3) is 0 Å². The molecule has 1 nitrogen and oxygen atoms in total. The summed E-state index contributed by atoms with van der Waals surface area (Å²) < 4.78 is 6.08. The highest BCUT2D eigenvalue weighted by Crippen LogP contribution is 2.45. The molecule has 2 fully saturated rings. The van der Waals surface area contributed by atoms with Gasteiger partial charge >= 0.3 is 0 Å². The highest BCUT2D eigenvalue weighted by molar-refractivity contribution is 4.90. The molecule has 0 N–H and O–H groups in total. The third-order valence-electron chi connectivity index (χ3n) is 7.63. The SMILES string of the molecule is CCCCCCC[C@]1(OC)CC[C@@H](C2CCC(CCCC)CC2)CC1. The Balaban J connectivity index is 1.67. The Morgan fingerprint density at radius 2 is 1.32 bits per heavy atom. The van der Waals surface area contributed by atoms with Crippen LogP contribution in [0.1, 0.15) is 123 Å². The van der Waals surface area contributed by atoms with Crippen LogP contribution in [0.15, 0.2) is 0 Å². The minimum atomic E-state index is 0.237. The van der Waals surface area contributed by atoms with Crippen LogP contribution in [-0.4, -0.2) is 12.7 Å². The van der Waals surface area contributed by atoms with E-state index in [1.165, 1.54) is 109 Å². The van der Waals surface area contributed by atoms with Crippen molar-refractivity contribution in [3.8, 4) is 0 Å². The van der Waals surface area contributed by atoms with E-state index in [9.17, 15) is 0 Å². The first-order valence-electron chi connectivity index (χ1n) is 11.8. The van der Waals surface area contributed by atoms with Crippen molar-refractivity contribution in [3.63, 3.8) is 0 Å². The van der Waals surface area contributed by atoms with Crippen molar-refractivity contribution in [2.45, 2.75) is 129 Å². The summed E-state index contributed by atoms with van der Waals surface area (Å²) in [7, 11) is 1.98. The van der Waals surface area contributed by atoms with Gasteiger partial charge in [0.2, 0.25) is 0 Å². The number of rotatable bonds is 11. The van der Waals surface area contributed by atoms with E-state index in [0.29, 0.717) is 0 Å². The molecule has 0 aromatic rings. The van der Waals surface area contributed by atoms with Crippen LogP contribution in [0.3, 0.4) is 0 Å². The first kappa shape index (κ1) is 21.3. The fourth-order valence-corrected chi connectivity index (χ4v) is 5.69. The summed E-state index contributed by atoms with van der Waals surface area (Å²) >= 11 is 0. The molecule has 0 spiro atoms. The van der Waals surface area contributed by atoms with Crippen molar-refractivity contribution < 1.29 is 4.74 Å². The van der Waals surface area contributed by atoms with Gasteiger partial charge < -0.3 is 4.74 Å². The van der Waals surface area contributed by atoms with Crippen LogP contribution in [0, 0.1) is 17.8 Å². The van der Waals surface area contributed by atoms with Gasteiger partial charge in [-0.2, -0.15) is 0 Å². The molecule has 2 aliphatic carbocycles. The summed E-state index contributed by atoms with van der Waals surface area (Å²) in [5.74, 6) is 3.11. The van der Waals surface area contributed by atoms with Crippen molar-refractivity contribution in [1.82, 2.24) is 0 Å². The Labute approximate surface area is 158 Å². The molecule has 2 rings (SSSR count). The van der Waals surface area contributed by atoms with E-state index in [2.05, 4.69) is 13.8 Å². The summed E-state index contributed by atoms with van der Waals surface area (Å²) in [5.41, 5.74) is 0.237. The molecule has 0 saturated heterocycles. The molecule has 148 valence electrons. The normalized spacial score (nSPS) is 33.5. The molecular weight excluding hydrogens is 304 g/mol. The molecule has 25 heavy (non-hydrogen) atoms. The van der Waals surface area contributed by atoms with E-state index in [1.54, 1.807) is 0 Å². The number of hydrogen-bond acceptors (Lipinski definition) is 1. The lowest BCUT2D eigenvalue weighted by Gasteiger charge is -2.43. The second-order valence-electron chi connectivity index (χ2n) is 9.31. The smallest absolute Gasteiger partial charge is 0.0679 e. The summed E-state index contributed by atoms with van der Waals surface area (Å²) in [6, 6.07) is 0. The van der Waals surface area contributed by atoms with E-state index >= 15 is 0 Å². The summed E-state index contributed by atoms with van der Waals surface area (Å²) in [4.78, 5) is 0. The average Bonchev–Trinajstić information content (AvgIpc) is 2.67. The highest BCUT2D eigenvalue weighted by Gasteiger charge is 2.38. The third-order valence-corrected chi connectivity index (χ3v) is 7.63. The Hall–Kier alpha value is -0.0400. The lowest BCUT2D eigenvalue weighted by Crippen LogP contribution is -2.38. The summed E-state index contributed by atoms with van der Waals surface area (Å²) in [5, 5.41) is 0. The molecule has 2 saturated carbocycles. The van der Waals surface area contributed by atoms with Gasteiger partial charge in [-0.3, -0.25) is 0 Å². The van der Waals surface area contributed by atoms with Gasteiger partial charge in [-0.25, -0.2) is 0 Å². The van der Waals surface area contributed by atoms with Gasteiger partial charge in [0.25, 0.3) is 0 Å². The molecule has 0 atom stereocenters. The third kappa shape index (κ3) is 6.89. The van der Waals surface area contributed by atoms with E-state index in [-0.39, 0.29) is 5.60 Å². The Morgan fingerprint density at radius 3 is 1.92 bits per heavy atom. The van der Waals surface area contributed by atoms with Crippen LogP contribution in [0.2, 0.25) is 0 Å². The van der Waals surface area contributed by atoms with E-state index in [1.807, 2.05) is 7.11 Å². The second kappa shape index (κ2) is 11.6. The minimum absolute atomic E-state index is 0.237. The van der Waals surface area contributed by atoms with E-state index in [0.717, 1.165) is 17.8 Å². The Morgan fingerprint density at radius 1 is 0.720 bits per heavy atom. The maximum atomic E-state index is 6.08. The lowest BCUT2D eigenvalue weighted by atomic mass is 9.67. The number of unbranched alkanes of at least 4 members (excludes halogenated alkanes) is 5. The quantitative estimate of drug-likeness (QED) is 0.344. The van der Waals surface area contributed by atoms with E-state index < -0.39 is 0 Å². The highest BCUT2D eigenvalue weighted by atomic mass is 16.5. The van der Waals surface area contributed by atoms with Crippen molar-refractivity contribution in [1.29, 1.82) is 0 Å². The molecule has 2 aliphatic rings. The maximum Gasteiger partial charge on any atom is 0.0679 e. The fraction of sp³-hybridized carbons (Fsp3) is 1.00. The van der Waals surface area contributed by atoms with Gasteiger partial charge in [-0.05, 0) is 62.7 Å². The fourth-order valence-electron chi connectivity index (χ4n) is 5.69. The second-order valence-corrected chi connectivity index (χ2v) is 9.31. The molecule has 0 unspecified atom stereocenters. The van der Waals surface area contributed by atoms with Gasteiger partial charge in [-0.1, -0.05) is 78.1 Å². The molecule has 0 amide bonds. The van der Waals surface area contributed by atoms with Gasteiger partial charge in [0, 0.05) is 7.11 Å². The van der Waals surface area contributed by atoms with Crippen LogP contribution in [0.4, 0.5) is 0 Å². The van der Waals surface area contributed by atoms with Gasteiger partial charge in [0.1, 0.15) is 0 Å². The predicted octanol–water partition coefficient (Wildman–Crippen LogP) is 7.92. The van der Waals surface area contributed by atoms with Crippen LogP contribution >= 0.6 is 0 Å². The molecule has 0 heterocycles. The zero-order chi connectivity index (χ0) is 18.0. The number of hydrogen-bond donors (Lipinski definition) is 0. The molecule has 0 aromatic carbocycles. The largest absolute Gasteiger partial charge is 0.378 e. The van der Waals surface area contributed by atoms with Gasteiger partial charge in [-0.15, -0.1) is 0 Å². The van der Waals surface area contributed by atoms with Crippen molar-refractivity contribution in [2.24, 2.45) is 17.8 Å². The first-order chi connectivity index (χ1) is 12.2. The van der Waals surface area contributed by atoms with Gasteiger partial charge in [0.15, 0.2) is 0 Å². The van der Waals surface area contributed by atoms with Crippen LogP contribution in [-0.2, 0) is 4.74 Å². The monoisotopic (exact) mass is 350 g/mol. The van der Waals surface area contributed by atoms with Crippen molar-refractivity contribution in [2.75, 3.05) is 7.11 Å². The molecular formula is C24H46O. The molecule has 1 heteroatoms. The molecule has 0 radical (unpaired) electrons. The maximum absolute atomic E-state index is 6.08. The summed E-state index contributed by atoms with van der Waals surface area (Å²) in [6.07, 6.45) is 24.2. The Bertz CT molecular complexity index is 321. The first-order valence-corrected chi connectivity index (χ1v) is 11.8. The lowest BCUT2D eigenvalue weighted by molar-refractivity contribution is -0.0639. The summed E-state index contributed by atoms with van der Waals surface area (Å²) in [6.45, 7) is 4.63. The number of methoxy groups -OCH3 is 1. The molecule has 0 aromatic heterocycles. The van der Waals surface area contributed by atoms with Crippen LogP contribution < -0.4 is 0 Å². The minimum Gasteiger partial charge on any atom is -0.378 e. The zero-order valence-corrected chi connectivity index (χ0v) is 17.7. The standard InChI is InChI=1S/C24H46O/c1-4-6-8-9-10-18-24(25-3)19-16-23(17-20-24)22-14-12-21(13-15-22)11-7-5-2/h21-23H,4-20H2,1-3H3/t21?,22?,23-,24+. The van der Waals surface area contributed by atoms with Gasteiger partial charge in [0.05, 0.1) is 5.60 Å². The molecule has 0 aliphatic heterocycles. The zero-order valence-electron chi connectivity index (χ0n) is 17.7. The topological polar surface area (TPSA) is 9.23 Å². The van der Waals surface area contributed by atoms with Crippen LogP contribution in [0.5, 0.6) is 0 Å². The Kier molecular flexibility index (Phi) is 9.89.